The zero-order chi connectivity index (χ0) is 27.3. The van der Waals surface area contributed by atoms with Gasteiger partial charge in [0.2, 0.25) is 22.7 Å². The van der Waals surface area contributed by atoms with Crippen LogP contribution in [-0.4, -0.2) is 109 Å². The zero-order valence-corrected chi connectivity index (χ0v) is 22.8. The van der Waals surface area contributed by atoms with Crippen LogP contribution in [0.1, 0.15) is 50.5 Å². The van der Waals surface area contributed by atoms with Gasteiger partial charge in [-0.3, -0.25) is 14.5 Å². The van der Waals surface area contributed by atoms with Gasteiger partial charge in [0.25, 0.3) is 0 Å². The van der Waals surface area contributed by atoms with Crippen LogP contribution in [0.3, 0.4) is 0 Å². The molecule has 3 aliphatic rings. The van der Waals surface area contributed by atoms with E-state index in [4.69, 9.17) is 9.47 Å². The van der Waals surface area contributed by atoms with Crippen LogP contribution in [0.15, 0.2) is 18.2 Å². The molecular weight excluding hydrogens is 514 g/mol. The summed E-state index contributed by atoms with van der Waals surface area (Å²) in [5.74, 6) is -1.03. The number of hydrogen-bond acceptors (Lipinski definition) is 8. The number of ether oxygens (including phenoxy) is 2. The topological polar surface area (TPSA) is 137 Å². The van der Waals surface area contributed by atoms with Crippen molar-refractivity contribution in [2.45, 2.75) is 51.0 Å². The number of aliphatic hydroxyl groups is 1. The molecule has 12 heteroatoms. The number of sulfonamides is 1. The van der Waals surface area contributed by atoms with Gasteiger partial charge in [0.1, 0.15) is 0 Å². The summed E-state index contributed by atoms with van der Waals surface area (Å²) in [6, 6.07) is 4.91. The fourth-order valence-electron chi connectivity index (χ4n) is 5.80. The standard InChI is InChI=1S/C26H39N3O8S/c1-2-3-9-27(10-4-13-30)24(31)17-28-16-20(19-6-7-22-23(15-19)37-18-36-22)25(26(32)33)21(28)8-12-29-11-5-14-38(29,34)35/h6-7,15,20-21,25,30H,2-5,8-14,16-18H2,1H3,(H,32,33)/t20-,21+,25-/m1/s1. The van der Waals surface area contributed by atoms with Gasteiger partial charge in [-0.2, -0.15) is 0 Å². The Morgan fingerprint density at radius 1 is 1.16 bits per heavy atom. The van der Waals surface area contributed by atoms with Crippen LogP contribution in [0.5, 0.6) is 11.5 Å². The fourth-order valence-corrected chi connectivity index (χ4v) is 7.34. The minimum absolute atomic E-state index is 0.0141. The summed E-state index contributed by atoms with van der Waals surface area (Å²) in [5.41, 5.74) is 0.790. The molecule has 0 aromatic heterocycles. The highest BCUT2D eigenvalue weighted by molar-refractivity contribution is 7.89. The molecule has 1 amide bonds. The predicted molar refractivity (Wildman–Crippen MR) is 140 cm³/mol. The van der Waals surface area contributed by atoms with E-state index >= 15 is 0 Å². The molecule has 0 bridgehead atoms. The average molecular weight is 554 g/mol. The second kappa shape index (κ2) is 12.6. The molecule has 11 nitrogen and oxygen atoms in total. The number of rotatable bonds is 13. The van der Waals surface area contributed by atoms with Crippen LogP contribution in [0.25, 0.3) is 0 Å². The van der Waals surface area contributed by atoms with E-state index in [1.54, 1.807) is 11.0 Å². The Morgan fingerprint density at radius 3 is 2.61 bits per heavy atom. The fraction of sp³-hybridized carbons (Fsp3) is 0.692. The Balaban J connectivity index is 1.59. The lowest BCUT2D eigenvalue weighted by Crippen LogP contribution is -2.46. The molecule has 2 N–H and O–H groups in total. The molecule has 2 saturated heterocycles. The highest BCUT2D eigenvalue weighted by Gasteiger charge is 2.47. The summed E-state index contributed by atoms with van der Waals surface area (Å²) >= 11 is 0. The van der Waals surface area contributed by atoms with Crippen LogP contribution >= 0.6 is 0 Å². The first-order valence-corrected chi connectivity index (χ1v) is 15.1. The molecule has 3 heterocycles. The van der Waals surface area contributed by atoms with Crippen molar-refractivity contribution in [1.29, 1.82) is 0 Å². The van der Waals surface area contributed by atoms with Crippen LogP contribution in [-0.2, 0) is 19.6 Å². The van der Waals surface area contributed by atoms with Crippen molar-refractivity contribution in [1.82, 2.24) is 14.1 Å². The monoisotopic (exact) mass is 553 g/mol. The molecular formula is C26H39N3O8S. The molecule has 38 heavy (non-hydrogen) atoms. The van der Waals surface area contributed by atoms with Gasteiger partial charge in [0.05, 0.1) is 18.2 Å². The SMILES string of the molecule is CCCCN(CCCO)C(=O)CN1C[C@H](c2ccc3c(c2)OCO3)[C@@H](C(=O)O)[C@@H]1CCN1CCCS1(=O)=O. The van der Waals surface area contributed by atoms with E-state index in [1.807, 2.05) is 24.0 Å². The quantitative estimate of drug-likeness (QED) is 0.371. The zero-order valence-electron chi connectivity index (χ0n) is 22.0. The lowest BCUT2D eigenvalue weighted by molar-refractivity contribution is -0.144. The van der Waals surface area contributed by atoms with Crippen molar-refractivity contribution < 1.29 is 37.7 Å². The smallest absolute Gasteiger partial charge is 0.308 e. The minimum atomic E-state index is -3.33. The molecule has 1 aromatic carbocycles. The predicted octanol–water partition coefficient (Wildman–Crippen LogP) is 1.32. The highest BCUT2D eigenvalue weighted by atomic mass is 32.2. The molecule has 3 atom stereocenters. The summed E-state index contributed by atoms with van der Waals surface area (Å²) in [6.45, 7) is 4.20. The Hall–Kier alpha value is -2.41. The molecule has 2 fully saturated rings. The third-order valence-electron chi connectivity index (χ3n) is 7.79. The number of carboxylic acids is 1. The number of carbonyl (C=O) groups is 2. The molecule has 0 aliphatic carbocycles. The molecule has 212 valence electrons. The summed E-state index contributed by atoms with van der Waals surface area (Å²) in [5, 5.41) is 19.7. The Morgan fingerprint density at radius 2 is 1.92 bits per heavy atom. The van der Waals surface area contributed by atoms with Gasteiger partial charge in [-0.25, -0.2) is 12.7 Å². The molecule has 3 aliphatic heterocycles. The third kappa shape index (κ3) is 6.41. The average Bonchev–Trinajstić information content (AvgIpc) is 3.58. The molecule has 0 saturated carbocycles. The van der Waals surface area contributed by atoms with E-state index in [0.717, 1.165) is 18.4 Å². The lowest BCUT2D eigenvalue weighted by atomic mass is 9.84. The van der Waals surface area contributed by atoms with Gasteiger partial charge >= 0.3 is 5.97 Å². The molecule has 0 radical (unpaired) electrons. The van der Waals surface area contributed by atoms with Gasteiger partial charge in [-0.1, -0.05) is 19.4 Å². The largest absolute Gasteiger partial charge is 0.481 e. The number of amides is 1. The van der Waals surface area contributed by atoms with Crippen molar-refractivity contribution in [3.8, 4) is 11.5 Å². The van der Waals surface area contributed by atoms with Crippen LogP contribution in [0.4, 0.5) is 0 Å². The third-order valence-corrected chi connectivity index (χ3v) is 9.75. The Bertz CT molecular complexity index is 1090. The maximum absolute atomic E-state index is 13.4. The van der Waals surface area contributed by atoms with Gasteiger partial charge in [0.15, 0.2) is 11.5 Å². The van der Waals surface area contributed by atoms with Gasteiger partial charge in [-0.15, -0.1) is 0 Å². The normalized spacial score (nSPS) is 24.6. The number of benzene rings is 1. The maximum Gasteiger partial charge on any atom is 0.308 e. The number of hydrogen-bond donors (Lipinski definition) is 2. The van der Waals surface area contributed by atoms with E-state index in [0.29, 0.717) is 56.9 Å². The van der Waals surface area contributed by atoms with Crippen molar-refractivity contribution in [3.05, 3.63) is 23.8 Å². The Labute approximate surface area is 224 Å². The molecule has 0 spiro atoms. The number of aliphatic carboxylic acids is 1. The number of aliphatic hydroxyl groups excluding tert-OH is 1. The van der Waals surface area contributed by atoms with Crippen molar-refractivity contribution >= 4 is 21.9 Å². The lowest BCUT2D eigenvalue weighted by Gasteiger charge is -2.30. The second-order valence-corrected chi connectivity index (χ2v) is 12.3. The first-order valence-electron chi connectivity index (χ1n) is 13.5. The minimum Gasteiger partial charge on any atom is -0.481 e. The van der Waals surface area contributed by atoms with E-state index in [-0.39, 0.29) is 38.1 Å². The second-order valence-electron chi connectivity index (χ2n) is 10.2. The van der Waals surface area contributed by atoms with E-state index < -0.39 is 33.9 Å². The maximum atomic E-state index is 13.4. The number of fused-ring (bicyclic) bond motifs is 1. The first-order chi connectivity index (χ1) is 18.2. The number of carboxylic acid groups (broad SMARTS) is 1. The molecule has 0 unspecified atom stereocenters. The first kappa shape index (κ1) is 28.6. The van der Waals surface area contributed by atoms with E-state index in [2.05, 4.69) is 0 Å². The van der Waals surface area contributed by atoms with Gasteiger partial charge in [0, 0.05) is 51.3 Å². The summed E-state index contributed by atoms with van der Waals surface area (Å²) in [4.78, 5) is 29.7. The van der Waals surface area contributed by atoms with Crippen molar-refractivity contribution in [3.63, 3.8) is 0 Å². The highest BCUT2D eigenvalue weighted by Crippen LogP contribution is 2.43. The van der Waals surface area contributed by atoms with Crippen LogP contribution in [0.2, 0.25) is 0 Å². The van der Waals surface area contributed by atoms with E-state index in [1.165, 1.54) is 4.31 Å². The van der Waals surface area contributed by atoms with Gasteiger partial charge < -0.3 is 24.6 Å². The number of carbonyl (C=O) groups excluding carboxylic acids is 1. The summed E-state index contributed by atoms with van der Waals surface area (Å²) < 4.78 is 37.2. The molecule has 4 rings (SSSR count). The number of likely N-dealkylation sites (tertiary alicyclic amines) is 1. The van der Waals surface area contributed by atoms with Crippen LogP contribution < -0.4 is 9.47 Å². The number of nitrogens with zero attached hydrogens (tertiary/aromatic N) is 3. The van der Waals surface area contributed by atoms with Crippen molar-refractivity contribution in [2.75, 3.05) is 58.4 Å². The summed E-state index contributed by atoms with van der Waals surface area (Å²) in [7, 11) is -3.33. The molecule has 1 aromatic rings. The van der Waals surface area contributed by atoms with Crippen LogP contribution in [0, 0.1) is 5.92 Å². The van der Waals surface area contributed by atoms with Gasteiger partial charge in [-0.05, 0) is 43.4 Å². The summed E-state index contributed by atoms with van der Waals surface area (Å²) in [6.07, 6.45) is 3.12. The van der Waals surface area contributed by atoms with E-state index in [9.17, 15) is 28.2 Å². The Kier molecular flexibility index (Phi) is 9.50. The number of unbranched alkanes of at least 4 members (excludes halogenated alkanes) is 1. The van der Waals surface area contributed by atoms with Crippen molar-refractivity contribution in [2.24, 2.45) is 5.92 Å².